The van der Waals surface area contributed by atoms with Crippen LogP contribution in [-0.4, -0.2) is 13.0 Å². The molecule has 6 nitrogen and oxygen atoms in total. The Morgan fingerprint density at radius 1 is 0.640 bits per heavy atom. The van der Waals surface area contributed by atoms with E-state index in [-0.39, 0.29) is 16.7 Å². The summed E-state index contributed by atoms with van der Waals surface area (Å²) in [6.45, 7) is 17.5. The Morgan fingerprint density at radius 3 is 1.80 bits per heavy atom. The summed E-state index contributed by atoms with van der Waals surface area (Å²) in [7, 11) is -4.53. The van der Waals surface area contributed by atoms with Crippen molar-refractivity contribution in [1.29, 1.82) is 0 Å². The van der Waals surface area contributed by atoms with E-state index in [1.807, 2.05) is 36.4 Å². The molecule has 6 rings (SSSR count). The Kier molecular flexibility index (Phi) is 9.75. The number of benzene rings is 5. The van der Waals surface area contributed by atoms with Crippen LogP contribution in [0.25, 0.3) is 33.4 Å². The van der Waals surface area contributed by atoms with Crippen LogP contribution in [0.3, 0.4) is 0 Å². The van der Waals surface area contributed by atoms with Crippen molar-refractivity contribution in [3.05, 3.63) is 125 Å². The van der Waals surface area contributed by atoms with E-state index in [4.69, 9.17) is 9.41 Å². The summed E-state index contributed by atoms with van der Waals surface area (Å²) in [6, 6.07) is 31.0. The van der Waals surface area contributed by atoms with Crippen LogP contribution in [0.4, 0.5) is 17.1 Å². The van der Waals surface area contributed by atoms with Crippen molar-refractivity contribution in [2.24, 2.45) is 4.99 Å². The summed E-state index contributed by atoms with van der Waals surface area (Å²) >= 11 is 0. The lowest BCUT2D eigenvalue weighted by Gasteiger charge is -2.22. The fraction of sp³-hybridized carbons (Fsp3) is 0.279. The topological polar surface area (TPSA) is 91.9 Å². The minimum absolute atomic E-state index is 0.162. The van der Waals surface area contributed by atoms with Crippen LogP contribution < -0.4 is 10.7 Å². The van der Waals surface area contributed by atoms with E-state index >= 15 is 0 Å². The maximum atomic E-state index is 12.7. The Morgan fingerprint density at radius 2 is 1.22 bits per heavy atom. The van der Waals surface area contributed by atoms with Crippen LogP contribution in [0.15, 0.2) is 111 Å². The molecule has 0 atom stereocenters. The summed E-state index contributed by atoms with van der Waals surface area (Å²) in [4.78, 5) is 5.03. The molecule has 1 aliphatic carbocycles. The Hall–Kier alpha value is -4.72. The number of rotatable bonds is 9. The number of fused-ring (bicyclic) bond motifs is 2. The molecule has 7 heteroatoms. The first-order valence-corrected chi connectivity index (χ1v) is 18.8. The molecule has 50 heavy (non-hydrogen) atoms. The molecule has 0 amide bonds. The van der Waals surface area contributed by atoms with E-state index in [0.717, 1.165) is 27.8 Å². The molecule has 2 aliphatic rings. The summed E-state index contributed by atoms with van der Waals surface area (Å²) in [5.41, 5.74) is 10.0. The lowest BCUT2D eigenvalue weighted by molar-refractivity contribution is 0.483. The first-order chi connectivity index (χ1) is 23.7. The third kappa shape index (κ3) is 6.85. The van der Waals surface area contributed by atoms with Crippen LogP contribution in [0, 0.1) is 0 Å². The normalized spacial score (nSPS) is 12.7. The largest absolute Gasteiger partial charge is 0.456 e. The molecule has 258 valence electrons. The molecule has 0 unspecified atom stereocenters. The van der Waals surface area contributed by atoms with E-state index in [0.29, 0.717) is 39.9 Å². The molecule has 0 saturated heterocycles. The fourth-order valence-corrected chi connectivity index (χ4v) is 7.52. The van der Waals surface area contributed by atoms with E-state index in [2.05, 4.69) is 97.1 Å². The zero-order valence-electron chi connectivity index (χ0n) is 30.1. The molecule has 2 N–H and O–H groups in total. The Bertz CT molecular complexity index is 2300. The second-order valence-corrected chi connectivity index (χ2v) is 15.7. The van der Waals surface area contributed by atoms with Crippen molar-refractivity contribution in [3.63, 3.8) is 0 Å². The second-order valence-electron chi connectivity index (χ2n) is 14.3. The highest BCUT2D eigenvalue weighted by Crippen LogP contribution is 2.44. The van der Waals surface area contributed by atoms with Gasteiger partial charge in [-0.05, 0) is 76.3 Å². The minimum Gasteiger partial charge on any atom is -0.456 e. The first-order valence-electron chi connectivity index (χ1n) is 17.4. The second kappa shape index (κ2) is 13.9. The maximum Gasteiger partial charge on any atom is 0.295 e. The smallest absolute Gasteiger partial charge is 0.295 e. The van der Waals surface area contributed by atoms with Gasteiger partial charge in [-0.1, -0.05) is 110 Å². The van der Waals surface area contributed by atoms with E-state index in [9.17, 15) is 13.0 Å². The summed E-state index contributed by atoms with van der Waals surface area (Å²) in [5, 5.41) is 5.15. The molecule has 4 aromatic rings. The van der Waals surface area contributed by atoms with Gasteiger partial charge in [-0.2, -0.15) is 8.42 Å². The number of hydrogen-bond acceptors (Lipinski definition) is 5. The fourth-order valence-electron chi connectivity index (χ4n) is 6.82. The number of hydrogen-bond donors (Lipinski definition) is 2. The van der Waals surface area contributed by atoms with Gasteiger partial charge in [0.05, 0.1) is 11.0 Å². The molecule has 0 saturated carbocycles. The van der Waals surface area contributed by atoms with Crippen LogP contribution >= 0.6 is 0 Å². The third-order valence-electron chi connectivity index (χ3n) is 9.37. The van der Waals surface area contributed by atoms with Crippen molar-refractivity contribution in [1.82, 2.24) is 0 Å². The summed E-state index contributed by atoms with van der Waals surface area (Å²) in [5.74, 6) is 1.75. The minimum atomic E-state index is -4.53. The predicted molar refractivity (Wildman–Crippen MR) is 206 cm³/mol. The zero-order chi connectivity index (χ0) is 35.9. The number of para-hydroxylation sites is 2. The van der Waals surface area contributed by atoms with Crippen molar-refractivity contribution in [2.75, 3.05) is 5.32 Å². The van der Waals surface area contributed by atoms with Crippen LogP contribution in [0.2, 0.25) is 0 Å². The molecule has 1 aliphatic heterocycles. The van der Waals surface area contributed by atoms with Gasteiger partial charge in [0.25, 0.3) is 10.1 Å². The molecule has 1 heterocycles. The molecule has 0 bridgehead atoms. The zero-order valence-corrected chi connectivity index (χ0v) is 30.9. The highest BCUT2D eigenvalue weighted by atomic mass is 32.2. The summed E-state index contributed by atoms with van der Waals surface area (Å²) in [6.07, 6.45) is 0. The van der Waals surface area contributed by atoms with Gasteiger partial charge in [0.1, 0.15) is 16.2 Å². The highest BCUT2D eigenvalue weighted by molar-refractivity contribution is 7.86. The van der Waals surface area contributed by atoms with E-state index in [1.54, 1.807) is 18.2 Å². The van der Waals surface area contributed by atoms with Crippen molar-refractivity contribution >= 4 is 38.1 Å². The van der Waals surface area contributed by atoms with Crippen LogP contribution in [0.1, 0.15) is 101 Å². The molecular weight excluding hydrogens is 641 g/mol. The van der Waals surface area contributed by atoms with Crippen molar-refractivity contribution in [2.45, 2.75) is 84.0 Å². The molecule has 4 aromatic carbocycles. The molecule has 0 radical (unpaired) electrons. The first kappa shape index (κ1) is 35.1. The third-order valence-corrected chi connectivity index (χ3v) is 10.3. The quantitative estimate of drug-likeness (QED) is 0.117. The van der Waals surface area contributed by atoms with Gasteiger partial charge < -0.3 is 9.73 Å². The van der Waals surface area contributed by atoms with Gasteiger partial charge in [-0.3, -0.25) is 4.55 Å². The van der Waals surface area contributed by atoms with E-state index < -0.39 is 10.1 Å². The number of anilines is 2. The average Bonchev–Trinajstić information content (AvgIpc) is 3.06. The maximum absolute atomic E-state index is 12.7. The average molecular weight is 687 g/mol. The SMILES string of the molecule is CC(C)c1cccc(C(C)C)c1/N=c1/ccc2c(-c3ccccc3S(=O)(=O)O)c3ccc(Nc4c(C(C)C)cccc4C(C)C)cc3oc-2c1. The van der Waals surface area contributed by atoms with Gasteiger partial charge in [-0.15, -0.1) is 0 Å². The van der Waals surface area contributed by atoms with Crippen LogP contribution in [-0.2, 0) is 10.1 Å². The Balaban J connectivity index is 1.64. The van der Waals surface area contributed by atoms with Crippen molar-refractivity contribution in [3.8, 4) is 22.5 Å². The number of nitrogens with one attached hydrogen (secondary N) is 1. The highest BCUT2D eigenvalue weighted by Gasteiger charge is 2.24. The van der Waals surface area contributed by atoms with Gasteiger partial charge >= 0.3 is 0 Å². The molecule has 0 fully saturated rings. The molecule has 0 spiro atoms. The predicted octanol–water partition coefficient (Wildman–Crippen LogP) is 11.9. The van der Waals surface area contributed by atoms with Gasteiger partial charge in [-0.25, -0.2) is 4.99 Å². The lowest BCUT2D eigenvalue weighted by atomic mass is 9.92. The van der Waals surface area contributed by atoms with Gasteiger partial charge in [0, 0.05) is 45.6 Å². The van der Waals surface area contributed by atoms with Crippen molar-refractivity contribution < 1.29 is 17.4 Å². The van der Waals surface area contributed by atoms with E-state index in [1.165, 1.54) is 28.3 Å². The monoisotopic (exact) mass is 686 g/mol. The van der Waals surface area contributed by atoms with Crippen LogP contribution in [0.5, 0.6) is 0 Å². The van der Waals surface area contributed by atoms with Gasteiger partial charge in [0.15, 0.2) is 0 Å². The molecular formula is C43H46N2O4S. The Labute approximate surface area is 296 Å². The summed E-state index contributed by atoms with van der Waals surface area (Å²) < 4.78 is 42.3. The van der Waals surface area contributed by atoms with Gasteiger partial charge in [0.2, 0.25) is 0 Å². The standard InChI is InChI=1S/C43H46N2O4S/c1-25(2)31-14-11-15-32(26(3)4)42(31)44-29-19-21-35-38(23-29)49-39-24-30(45-43-33(27(5)6)16-12-17-34(43)28(7)8)20-22-36(39)41(35)37-13-9-10-18-40(37)50(46,47)48/h9-28,44H,1-8H3,(H,46,47,48)/b45-30-. The number of nitrogens with zero attached hydrogens (tertiary/aromatic N) is 1. The lowest BCUT2D eigenvalue weighted by Crippen LogP contribution is -2.06. The molecule has 0 aromatic heterocycles.